The van der Waals surface area contributed by atoms with Crippen LogP contribution in [0, 0.1) is 5.92 Å². The second-order valence-electron chi connectivity index (χ2n) is 5.71. The smallest absolute Gasteiger partial charge is 0.262 e. The SMILES string of the molecule is C[C@H](Oc1ccccc(OCc2ccccc2)c1=O)C1CC1. The number of ether oxygens (including phenoxy) is 2. The standard InChI is InChI=1S/C19H20O3/c1-14(16-11-12-16)22-18-10-6-5-9-17(19(18)20)21-13-15-7-3-2-4-8-15/h2-10,14,16H,11-13H2,1H3/t14-/m0/s1. The van der Waals surface area contributed by atoms with Gasteiger partial charge in [0.15, 0.2) is 11.5 Å². The first-order valence-corrected chi connectivity index (χ1v) is 7.71. The van der Waals surface area contributed by atoms with Crippen LogP contribution in [0.15, 0.2) is 59.4 Å². The summed E-state index contributed by atoms with van der Waals surface area (Å²) in [5.74, 6) is 1.28. The fraction of sp³-hybridized carbons (Fsp3) is 0.316. The lowest BCUT2D eigenvalue weighted by Gasteiger charge is -2.12. The second kappa shape index (κ2) is 6.65. The molecule has 0 heterocycles. The van der Waals surface area contributed by atoms with E-state index in [-0.39, 0.29) is 11.5 Å². The molecule has 0 spiro atoms. The summed E-state index contributed by atoms with van der Waals surface area (Å²) in [5, 5.41) is 0. The van der Waals surface area contributed by atoms with Gasteiger partial charge in [-0.1, -0.05) is 42.5 Å². The van der Waals surface area contributed by atoms with Crippen LogP contribution in [0.4, 0.5) is 0 Å². The molecule has 22 heavy (non-hydrogen) atoms. The summed E-state index contributed by atoms with van der Waals surface area (Å²) in [7, 11) is 0. The van der Waals surface area contributed by atoms with Gasteiger partial charge in [-0.25, -0.2) is 0 Å². The highest BCUT2D eigenvalue weighted by Crippen LogP contribution is 2.34. The zero-order chi connectivity index (χ0) is 15.4. The zero-order valence-electron chi connectivity index (χ0n) is 12.7. The Labute approximate surface area is 130 Å². The van der Waals surface area contributed by atoms with E-state index in [0.717, 1.165) is 5.56 Å². The van der Waals surface area contributed by atoms with E-state index < -0.39 is 0 Å². The molecule has 0 unspecified atom stereocenters. The third-order valence-electron chi connectivity index (χ3n) is 3.89. The molecule has 114 valence electrons. The van der Waals surface area contributed by atoms with E-state index in [1.165, 1.54) is 12.8 Å². The van der Waals surface area contributed by atoms with Crippen molar-refractivity contribution in [3.8, 4) is 11.5 Å². The molecule has 2 aromatic rings. The normalized spacial score (nSPS) is 15.1. The summed E-state index contributed by atoms with van der Waals surface area (Å²) in [5.41, 5.74) is 0.843. The first-order chi connectivity index (χ1) is 10.7. The minimum absolute atomic E-state index is 0.0806. The van der Waals surface area contributed by atoms with Gasteiger partial charge in [-0.15, -0.1) is 0 Å². The molecule has 1 aliphatic rings. The highest BCUT2D eigenvalue weighted by molar-refractivity contribution is 5.32. The van der Waals surface area contributed by atoms with Gasteiger partial charge >= 0.3 is 0 Å². The van der Waals surface area contributed by atoms with Gasteiger partial charge in [0.1, 0.15) is 6.61 Å². The maximum absolute atomic E-state index is 12.5. The molecule has 3 nitrogen and oxygen atoms in total. The first-order valence-electron chi connectivity index (χ1n) is 7.71. The van der Waals surface area contributed by atoms with Crippen molar-refractivity contribution in [1.82, 2.24) is 0 Å². The van der Waals surface area contributed by atoms with Gasteiger partial charge in [0, 0.05) is 0 Å². The van der Waals surface area contributed by atoms with E-state index in [4.69, 9.17) is 9.47 Å². The van der Waals surface area contributed by atoms with Crippen molar-refractivity contribution in [1.29, 1.82) is 0 Å². The summed E-state index contributed by atoms with van der Waals surface area (Å²) < 4.78 is 11.5. The minimum atomic E-state index is -0.187. The summed E-state index contributed by atoms with van der Waals surface area (Å²) in [6.45, 7) is 2.40. The predicted octanol–water partition coefficient (Wildman–Crippen LogP) is 3.80. The molecule has 0 bridgehead atoms. The number of hydrogen-bond donors (Lipinski definition) is 0. The van der Waals surface area contributed by atoms with Crippen LogP contribution in [0.1, 0.15) is 25.3 Å². The van der Waals surface area contributed by atoms with Crippen LogP contribution in [0.3, 0.4) is 0 Å². The van der Waals surface area contributed by atoms with Crippen LogP contribution >= 0.6 is 0 Å². The molecular weight excluding hydrogens is 276 g/mol. The zero-order valence-corrected chi connectivity index (χ0v) is 12.7. The molecule has 1 saturated carbocycles. The molecule has 0 N–H and O–H groups in total. The van der Waals surface area contributed by atoms with Crippen molar-refractivity contribution in [2.24, 2.45) is 5.92 Å². The third-order valence-corrected chi connectivity index (χ3v) is 3.89. The topological polar surface area (TPSA) is 35.5 Å². The molecule has 0 amide bonds. The molecule has 1 atom stereocenters. The Balaban J connectivity index is 1.76. The van der Waals surface area contributed by atoms with Gasteiger partial charge in [-0.2, -0.15) is 0 Å². The molecule has 2 aromatic carbocycles. The van der Waals surface area contributed by atoms with Crippen molar-refractivity contribution in [3.63, 3.8) is 0 Å². The van der Waals surface area contributed by atoms with E-state index in [9.17, 15) is 4.79 Å². The molecule has 0 aromatic heterocycles. The third kappa shape index (κ3) is 3.67. The van der Waals surface area contributed by atoms with Crippen LogP contribution in [0.25, 0.3) is 0 Å². The van der Waals surface area contributed by atoms with Crippen molar-refractivity contribution < 1.29 is 9.47 Å². The van der Waals surface area contributed by atoms with Crippen LogP contribution in [-0.4, -0.2) is 6.10 Å². The summed E-state index contributed by atoms with van der Waals surface area (Å²) in [4.78, 5) is 12.5. The molecule has 3 rings (SSSR count). The maximum atomic E-state index is 12.5. The number of rotatable bonds is 6. The van der Waals surface area contributed by atoms with Crippen molar-refractivity contribution in [2.75, 3.05) is 0 Å². The largest absolute Gasteiger partial charge is 0.486 e. The van der Waals surface area contributed by atoms with E-state index in [1.807, 2.05) is 43.3 Å². The monoisotopic (exact) mass is 296 g/mol. The van der Waals surface area contributed by atoms with Crippen LogP contribution in [0.5, 0.6) is 11.5 Å². The number of benzene rings is 1. The predicted molar refractivity (Wildman–Crippen MR) is 86.3 cm³/mol. The van der Waals surface area contributed by atoms with E-state index in [0.29, 0.717) is 24.0 Å². The summed E-state index contributed by atoms with van der Waals surface area (Å²) >= 11 is 0. The Morgan fingerprint density at radius 1 is 1.00 bits per heavy atom. The van der Waals surface area contributed by atoms with Gasteiger partial charge in [-0.3, -0.25) is 4.79 Å². The van der Waals surface area contributed by atoms with E-state index in [2.05, 4.69) is 0 Å². The van der Waals surface area contributed by atoms with Crippen LogP contribution in [0.2, 0.25) is 0 Å². The van der Waals surface area contributed by atoms with Crippen molar-refractivity contribution >= 4 is 0 Å². The average molecular weight is 296 g/mol. The van der Waals surface area contributed by atoms with E-state index >= 15 is 0 Å². The van der Waals surface area contributed by atoms with Gasteiger partial charge in [-0.05, 0) is 43.4 Å². The van der Waals surface area contributed by atoms with Crippen molar-refractivity contribution in [3.05, 3.63) is 70.4 Å². The lowest BCUT2D eigenvalue weighted by Crippen LogP contribution is -2.18. The van der Waals surface area contributed by atoms with Crippen molar-refractivity contribution in [2.45, 2.75) is 32.5 Å². The minimum Gasteiger partial charge on any atom is -0.486 e. The highest BCUT2D eigenvalue weighted by Gasteiger charge is 2.29. The Kier molecular flexibility index (Phi) is 4.42. The van der Waals surface area contributed by atoms with Crippen LogP contribution in [-0.2, 0) is 6.61 Å². The van der Waals surface area contributed by atoms with Gasteiger partial charge < -0.3 is 9.47 Å². The van der Waals surface area contributed by atoms with Crippen LogP contribution < -0.4 is 14.9 Å². The Bertz CT molecular complexity index is 678. The summed E-state index contributed by atoms with van der Waals surface area (Å²) in [6, 6.07) is 16.8. The molecule has 0 saturated heterocycles. The average Bonchev–Trinajstić information content (AvgIpc) is 3.38. The first kappa shape index (κ1) is 14.6. The Hall–Kier alpha value is -2.29. The molecule has 0 radical (unpaired) electrons. The van der Waals surface area contributed by atoms with Gasteiger partial charge in [0.05, 0.1) is 6.10 Å². The lowest BCUT2D eigenvalue weighted by molar-refractivity contribution is 0.195. The molecule has 1 fully saturated rings. The quantitative estimate of drug-likeness (QED) is 0.813. The highest BCUT2D eigenvalue weighted by atomic mass is 16.5. The lowest BCUT2D eigenvalue weighted by atomic mass is 10.2. The van der Waals surface area contributed by atoms with Gasteiger partial charge in [0.2, 0.25) is 0 Å². The number of hydrogen-bond acceptors (Lipinski definition) is 3. The fourth-order valence-electron chi connectivity index (χ4n) is 2.36. The maximum Gasteiger partial charge on any atom is 0.262 e. The Morgan fingerprint density at radius 3 is 2.32 bits per heavy atom. The molecule has 3 heteroatoms. The summed E-state index contributed by atoms with van der Waals surface area (Å²) in [6.07, 6.45) is 2.45. The Morgan fingerprint density at radius 2 is 1.64 bits per heavy atom. The molecule has 0 aliphatic heterocycles. The van der Waals surface area contributed by atoms with E-state index in [1.54, 1.807) is 18.2 Å². The molecular formula is C19H20O3. The second-order valence-corrected chi connectivity index (χ2v) is 5.71. The fourth-order valence-corrected chi connectivity index (χ4v) is 2.36. The van der Waals surface area contributed by atoms with Gasteiger partial charge in [0.25, 0.3) is 5.43 Å². The molecule has 1 aliphatic carbocycles.